The number of amides is 1. The molecule has 3 nitrogen and oxygen atoms in total. The molecule has 0 radical (unpaired) electrons. The molecule has 1 heterocycles. The zero-order valence-corrected chi connectivity index (χ0v) is 10.9. The molecular formula is C14H18F2N2O. The molecule has 2 N–H and O–H groups in total. The van der Waals surface area contributed by atoms with Gasteiger partial charge in [-0.05, 0) is 30.9 Å². The van der Waals surface area contributed by atoms with Gasteiger partial charge in [0.1, 0.15) is 0 Å². The molecule has 104 valence electrons. The van der Waals surface area contributed by atoms with E-state index in [1.165, 1.54) is 12.1 Å². The van der Waals surface area contributed by atoms with Crippen molar-refractivity contribution in [3.63, 3.8) is 0 Å². The molecule has 0 aromatic heterocycles. The first-order valence-electron chi connectivity index (χ1n) is 6.51. The van der Waals surface area contributed by atoms with E-state index in [2.05, 4.69) is 0 Å². The molecule has 0 saturated carbocycles. The van der Waals surface area contributed by atoms with E-state index < -0.39 is 17.5 Å². The summed E-state index contributed by atoms with van der Waals surface area (Å²) in [5.41, 5.74) is 5.49. The number of nitrogens with two attached hydrogens (primary N) is 1. The molecule has 0 spiro atoms. The average Bonchev–Trinajstić information content (AvgIpc) is 2.41. The quantitative estimate of drug-likeness (QED) is 0.893. The second kappa shape index (κ2) is 5.65. The van der Waals surface area contributed by atoms with E-state index in [9.17, 15) is 13.6 Å². The maximum Gasteiger partial charge on any atom is 0.257 e. The van der Waals surface area contributed by atoms with Crippen LogP contribution in [0.2, 0.25) is 0 Å². The number of nitrogens with zero attached hydrogens (tertiary/aromatic N) is 1. The second-order valence-electron chi connectivity index (χ2n) is 5.02. The van der Waals surface area contributed by atoms with Crippen LogP contribution in [0, 0.1) is 17.6 Å². The lowest BCUT2D eigenvalue weighted by Gasteiger charge is -2.39. The van der Waals surface area contributed by atoms with Gasteiger partial charge in [0.25, 0.3) is 5.91 Å². The Kier molecular flexibility index (Phi) is 4.14. The molecule has 1 fully saturated rings. The Morgan fingerprint density at radius 2 is 2.21 bits per heavy atom. The number of halogens is 2. The molecule has 1 amide bonds. The van der Waals surface area contributed by atoms with Crippen LogP contribution < -0.4 is 5.73 Å². The third kappa shape index (κ3) is 2.61. The van der Waals surface area contributed by atoms with Crippen LogP contribution in [0.4, 0.5) is 8.78 Å². The lowest BCUT2D eigenvalue weighted by atomic mass is 9.90. The Morgan fingerprint density at radius 1 is 1.47 bits per heavy atom. The van der Waals surface area contributed by atoms with E-state index in [-0.39, 0.29) is 17.5 Å². The largest absolute Gasteiger partial charge is 0.334 e. The molecular weight excluding hydrogens is 250 g/mol. The number of carbonyl (C=O) groups is 1. The van der Waals surface area contributed by atoms with E-state index in [1.54, 1.807) is 4.90 Å². The van der Waals surface area contributed by atoms with Crippen LogP contribution in [-0.4, -0.2) is 29.9 Å². The maximum absolute atomic E-state index is 13.7. The number of likely N-dealkylation sites (tertiary alicyclic amines) is 1. The highest BCUT2D eigenvalue weighted by molar-refractivity contribution is 5.94. The zero-order chi connectivity index (χ0) is 14.0. The minimum Gasteiger partial charge on any atom is -0.334 e. The molecule has 2 rings (SSSR count). The Bertz CT molecular complexity index is 479. The third-order valence-corrected chi connectivity index (χ3v) is 3.80. The van der Waals surface area contributed by atoms with Gasteiger partial charge in [0.2, 0.25) is 0 Å². The summed E-state index contributed by atoms with van der Waals surface area (Å²) >= 11 is 0. The molecule has 1 aliphatic rings. The molecule has 2 atom stereocenters. The first-order valence-corrected chi connectivity index (χ1v) is 6.51. The Balaban J connectivity index is 2.29. The monoisotopic (exact) mass is 268 g/mol. The van der Waals surface area contributed by atoms with Crippen molar-refractivity contribution in [1.82, 2.24) is 4.90 Å². The van der Waals surface area contributed by atoms with Gasteiger partial charge in [-0.2, -0.15) is 0 Å². The number of hydrogen-bond acceptors (Lipinski definition) is 2. The van der Waals surface area contributed by atoms with Crippen molar-refractivity contribution in [1.29, 1.82) is 0 Å². The summed E-state index contributed by atoms with van der Waals surface area (Å²) in [4.78, 5) is 13.9. The van der Waals surface area contributed by atoms with E-state index >= 15 is 0 Å². The molecule has 0 bridgehead atoms. The first-order chi connectivity index (χ1) is 9.06. The minimum absolute atomic E-state index is 0.107. The number of hydrogen-bond donors (Lipinski definition) is 1. The highest BCUT2D eigenvalue weighted by Crippen LogP contribution is 2.25. The molecule has 19 heavy (non-hydrogen) atoms. The Morgan fingerprint density at radius 3 is 2.89 bits per heavy atom. The molecule has 1 aliphatic heterocycles. The van der Waals surface area contributed by atoms with Gasteiger partial charge in [-0.25, -0.2) is 8.78 Å². The van der Waals surface area contributed by atoms with Gasteiger partial charge in [0.15, 0.2) is 11.6 Å². The molecule has 5 heteroatoms. The van der Waals surface area contributed by atoms with Crippen molar-refractivity contribution in [2.24, 2.45) is 11.7 Å². The van der Waals surface area contributed by atoms with E-state index in [1.807, 2.05) is 6.92 Å². The highest BCUT2D eigenvalue weighted by Gasteiger charge is 2.32. The van der Waals surface area contributed by atoms with E-state index in [0.717, 1.165) is 18.9 Å². The van der Waals surface area contributed by atoms with Gasteiger partial charge in [-0.15, -0.1) is 0 Å². The van der Waals surface area contributed by atoms with Crippen LogP contribution in [0.1, 0.15) is 30.1 Å². The van der Waals surface area contributed by atoms with Crippen molar-refractivity contribution in [3.8, 4) is 0 Å². The lowest BCUT2D eigenvalue weighted by Crippen LogP contribution is -2.51. The van der Waals surface area contributed by atoms with Crippen molar-refractivity contribution in [2.45, 2.75) is 25.8 Å². The summed E-state index contributed by atoms with van der Waals surface area (Å²) in [6.07, 6.45) is 1.86. The predicted octanol–water partition coefficient (Wildman–Crippen LogP) is 2.16. The second-order valence-corrected chi connectivity index (χ2v) is 5.02. The van der Waals surface area contributed by atoms with Crippen LogP contribution >= 0.6 is 0 Å². The number of piperidine rings is 1. The fourth-order valence-corrected chi connectivity index (χ4v) is 2.68. The minimum atomic E-state index is -1.08. The molecule has 1 aromatic rings. The van der Waals surface area contributed by atoms with Gasteiger partial charge in [0.05, 0.1) is 5.56 Å². The van der Waals surface area contributed by atoms with Gasteiger partial charge >= 0.3 is 0 Å². The van der Waals surface area contributed by atoms with Crippen molar-refractivity contribution in [2.75, 3.05) is 13.1 Å². The van der Waals surface area contributed by atoms with Crippen molar-refractivity contribution < 1.29 is 13.6 Å². The number of benzene rings is 1. The summed E-state index contributed by atoms with van der Waals surface area (Å²) in [5.74, 6) is -2.28. The topological polar surface area (TPSA) is 46.3 Å². The van der Waals surface area contributed by atoms with Crippen molar-refractivity contribution >= 4 is 5.91 Å². The summed E-state index contributed by atoms with van der Waals surface area (Å²) in [6.45, 7) is 2.91. The zero-order valence-electron chi connectivity index (χ0n) is 10.9. The van der Waals surface area contributed by atoms with Gasteiger partial charge < -0.3 is 10.6 Å². The van der Waals surface area contributed by atoms with Crippen LogP contribution in [0.3, 0.4) is 0 Å². The van der Waals surface area contributed by atoms with Crippen LogP contribution in [0.25, 0.3) is 0 Å². The summed E-state index contributed by atoms with van der Waals surface area (Å²) in [6, 6.07) is 3.55. The molecule has 1 saturated heterocycles. The van der Waals surface area contributed by atoms with Gasteiger partial charge in [-0.3, -0.25) is 4.79 Å². The molecule has 0 aliphatic carbocycles. The van der Waals surface area contributed by atoms with E-state index in [0.29, 0.717) is 13.1 Å². The standard InChI is InChI=1S/C14H18F2N2O/c1-9-4-3-7-18(12(9)8-17)14(19)10-5-2-6-11(15)13(10)16/h2,5-6,9,12H,3-4,7-8,17H2,1H3. The fourth-order valence-electron chi connectivity index (χ4n) is 2.68. The van der Waals surface area contributed by atoms with Gasteiger partial charge in [0, 0.05) is 19.1 Å². The normalized spacial score (nSPS) is 23.5. The molecule has 2 unspecified atom stereocenters. The molecule has 1 aromatic carbocycles. The van der Waals surface area contributed by atoms with Gasteiger partial charge in [-0.1, -0.05) is 13.0 Å². The van der Waals surface area contributed by atoms with Crippen LogP contribution in [0.5, 0.6) is 0 Å². The highest BCUT2D eigenvalue weighted by atomic mass is 19.2. The third-order valence-electron chi connectivity index (χ3n) is 3.80. The first kappa shape index (κ1) is 13.9. The SMILES string of the molecule is CC1CCCN(C(=O)c2cccc(F)c2F)C1CN. The fraction of sp³-hybridized carbons (Fsp3) is 0.500. The summed E-state index contributed by atoms with van der Waals surface area (Å²) in [5, 5.41) is 0. The van der Waals surface area contributed by atoms with Crippen LogP contribution in [-0.2, 0) is 0 Å². The Labute approximate surface area is 111 Å². The number of rotatable bonds is 2. The smallest absolute Gasteiger partial charge is 0.257 e. The lowest BCUT2D eigenvalue weighted by molar-refractivity contribution is 0.0527. The van der Waals surface area contributed by atoms with Crippen molar-refractivity contribution in [3.05, 3.63) is 35.4 Å². The maximum atomic E-state index is 13.7. The predicted molar refractivity (Wildman–Crippen MR) is 68.6 cm³/mol. The number of carbonyl (C=O) groups excluding carboxylic acids is 1. The summed E-state index contributed by atoms with van der Waals surface area (Å²) < 4.78 is 26.9. The average molecular weight is 268 g/mol. The van der Waals surface area contributed by atoms with E-state index in [4.69, 9.17) is 5.73 Å². The van der Waals surface area contributed by atoms with Crippen LogP contribution in [0.15, 0.2) is 18.2 Å². The Hall–Kier alpha value is -1.49. The summed E-state index contributed by atoms with van der Waals surface area (Å²) in [7, 11) is 0.